The molecule has 74 valence electrons. The molecule has 0 atom stereocenters. The van der Waals surface area contributed by atoms with Gasteiger partial charge in [0.2, 0.25) is 0 Å². The minimum atomic E-state index is -0.422. The quantitative estimate of drug-likeness (QED) is 0.661. The van der Waals surface area contributed by atoms with E-state index in [-0.39, 0.29) is 0 Å². The second kappa shape index (κ2) is 5.55. The van der Waals surface area contributed by atoms with E-state index in [1.807, 2.05) is 20.8 Å². The van der Waals surface area contributed by atoms with Crippen LogP contribution in [0, 0.1) is 0 Å². The fourth-order valence-electron chi connectivity index (χ4n) is 1.45. The molecule has 1 rings (SSSR count). The lowest BCUT2D eigenvalue weighted by Gasteiger charge is -2.32. The first kappa shape index (κ1) is 11.9. The number of rotatable bonds is 1. The summed E-state index contributed by atoms with van der Waals surface area (Å²) in [6.45, 7) is 5.90. The first-order valence-corrected chi connectivity index (χ1v) is 4.89. The Bertz CT molecular complexity index is 100. The maximum Gasteiger partial charge on any atom is 0.0621 e. The predicted molar refractivity (Wildman–Crippen MR) is 51.2 cm³/mol. The van der Waals surface area contributed by atoms with Gasteiger partial charge in [-0.1, -0.05) is 13.8 Å². The lowest BCUT2D eigenvalue weighted by molar-refractivity contribution is -0.0311. The highest BCUT2D eigenvalue weighted by Gasteiger charge is 2.28. The minimum Gasteiger partial charge on any atom is -0.390 e. The van der Waals surface area contributed by atoms with Crippen LogP contribution in [0.25, 0.3) is 0 Å². The average Bonchev–Trinajstić information content (AvgIpc) is 2.08. The Kier molecular flexibility index (Phi) is 5.51. The molecule has 0 aliphatic heterocycles. The van der Waals surface area contributed by atoms with E-state index in [0.29, 0.717) is 6.10 Å². The van der Waals surface area contributed by atoms with Crippen LogP contribution in [-0.4, -0.2) is 23.9 Å². The Morgan fingerprint density at radius 1 is 1.25 bits per heavy atom. The zero-order valence-corrected chi connectivity index (χ0v) is 8.76. The fraction of sp³-hybridized carbons (Fsp3) is 1.00. The second-order valence-corrected chi connectivity index (χ2v) is 3.43. The molecule has 0 heterocycles. The molecule has 1 fully saturated rings. The van der Waals surface area contributed by atoms with Gasteiger partial charge in [-0.15, -0.1) is 0 Å². The van der Waals surface area contributed by atoms with Gasteiger partial charge in [0.25, 0.3) is 0 Å². The topological polar surface area (TPSA) is 29.5 Å². The Hall–Kier alpha value is -0.0800. The average molecular weight is 174 g/mol. The van der Waals surface area contributed by atoms with E-state index in [4.69, 9.17) is 4.74 Å². The molecular formula is C10H22O2. The maximum atomic E-state index is 9.53. The predicted octanol–water partition coefficient (Wildman–Crippen LogP) is 2.35. The highest BCUT2D eigenvalue weighted by atomic mass is 16.5. The molecule has 0 spiro atoms. The van der Waals surface area contributed by atoms with Gasteiger partial charge in [0.1, 0.15) is 0 Å². The van der Waals surface area contributed by atoms with Crippen molar-refractivity contribution in [3.05, 3.63) is 0 Å². The molecule has 2 heteroatoms. The summed E-state index contributed by atoms with van der Waals surface area (Å²) < 4.78 is 5.17. The van der Waals surface area contributed by atoms with E-state index < -0.39 is 5.60 Å². The number of aliphatic hydroxyl groups is 1. The Labute approximate surface area is 75.9 Å². The lowest BCUT2D eigenvalue weighted by atomic mass is 9.85. The molecule has 0 radical (unpaired) electrons. The molecule has 0 bridgehead atoms. The van der Waals surface area contributed by atoms with Gasteiger partial charge < -0.3 is 9.84 Å². The van der Waals surface area contributed by atoms with Gasteiger partial charge in [0.15, 0.2) is 0 Å². The monoisotopic (exact) mass is 174 g/mol. The maximum absolute atomic E-state index is 9.53. The second-order valence-electron chi connectivity index (χ2n) is 3.43. The van der Waals surface area contributed by atoms with Crippen LogP contribution in [-0.2, 0) is 4.74 Å². The largest absolute Gasteiger partial charge is 0.390 e. The molecule has 0 aromatic carbocycles. The van der Waals surface area contributed by atoms with E-state index in [1.54, 1.807) is 7.11 Å². The summed E-state index contributed by atoms with van der Waals surface area (Å²) in [6.07, 6.45) is 4.16. The summed E-state index contributed by atoms with van der Waals surface area (Å²) in [4.78, 5) is 0. The third-order valence-electron chi connectivity index (χ3n) is 2.34. The van der Waals surface area contributed by atoms with Crippen molar-refractivity contribution in [2.75, 3.05) is 7.11 Å². The summed E-state index contributed by atoms with van der Waals surface area (Å²) in [5, 5.41) is 9.53. The number of ether oxygens (including phenoxy) is 1. The van der Waals surface area contributed by atoms with Crippen LogP contribution in [0.3, 0.4) is 0 Å². The van der Waals surface area contributed by atoms with Gasteiger partial charge in [-0.2, -0.15) is 0 Å². The van der Waals surface area contributed by atoms with Crippen LogP contribution >= 0.6 is 0 Å². The minimum absolute atomic E-state index is 0.389. The Morgan fingerprint density at radius 3 is 2.00 bits per heavy atom. The van der Waals surface area contributed by atoms with E-state index >= 15 is 0 Å². The van der Waals surface area contributed by atoms with Gasteiger partial charge in [-0.3, -0.25) is 0 Å². The third kappa shape index (κ3) is 4.07. The lowest BCUT2D eigenvalue weighted by Crippen LogP contribution is -2.33. The van der Waals surface area contributed by atoms with Crippen LogP contribution in [0.2, 0.25) is 0 Å². The van der Waals surface area contributed by atoms with E-state index in [0.717, 1.165) is 25.7 Å². The van der Waals surface area contributed by atoms with Crippen molar-refractivity contribution in [3.8, 4) is 0 Å². The van der Waals surface area contributed by atoms with Crippen LogP contribution in [0.5, 0.6) is 0 Å². The van der Waals surface area contributed by atoms with Crippen molar-refractivity contribution in [2.45, 2.75) is 58.2 Å². The smallest absolute Gasteiger partial charge is 0.0621 e. The van der Waals surface area contributed by atoms with Crippen LogP contribution in [0.4, 0.5) is 0 Å². The highest BCUT2D eigenvalue weighted by Crippen LogP contribution is 2.28. The van der Waals surface area contributed by atoms with Gasteiger partial charge in [-0.05, 0) is 32.6 Å². The van der Waals surface area contributed by atoms with Crippen molar-refractivity contribution >= 4 is 0 Å². The molecule has 0 unspecified atom stereocenters. The van der Waals surface area contributed by atoms with Crippen molar-refractivity contribution in [2.24, 2.45) is 0 Å². The third-order valence-corrected chi connectivity index (χ3v) is 2.34. The van der Waals surface area contributed by atoms with Gasteiger partial charge in [0, 0.05) is 7.11 Å². The standard InChI is InChI=1S/C8H16O2.C2H6/c1-8(9)5-3-7(10-2)4-6-8;1-2/h7,9H,3-6H2,1-2H3;1-2H3. The summed E-state index contributed by atoms with van der Waals surface area (Å²) in [6, 6.07) is 0. The first-order valence-electron chi connectivity index (χ1n) is 4.89. The zero-order chi connectivity index (χ0) is 9.61. The summed E-state index contributed by atoms with van der Waals surface area (Å²) >= 11 is 0. The van der Waals surface area contributed by atoms with Crippen LogP contribution in [0.15, 0.2) is 0 Å². The van der Waals surface area contributed by atoms with Gasteiger partial charge >= 0.3 is 0 Å². The summed E-state index contributed by atoms with van der Waals surface area (Å²) in [7, 11) is 1.74. The normalized spacial score (nSPS) is 35.2. The van der Waals surface area contributed by atoms with Crippen molar-refractivity contribution in [1.29, 1.82) is 0 Å². The molecule has 1 saturated carbocycles. The number of hydrogen-bond acceptors (Lipinski definition) is 2. The van der Waals surface area contributed by atoms with Crippen LogP contribution in [0.1, 0.15) is 46.5 Å². The van der Waals surface area contributed by atoms with Crippen LogP contribution < -0.4 is 0 Å². The molecule has 0 aromatic rings. The Balaban J connectivity index is 0.000000561. The highest BCUT2D eigenvalue weighted by molar-refractivity contribution is 4.81. The molecule has 2 nitrogen and oxygen atoms in total. The molecule has 0 aromatic heterocycles. The molecule has 0 amide bonds. The van der Waals surface area contributed by atoms with E-state index in [1.165, 1.54) is 0 Å². The molecular weight excluding hydrogens is 152 g/mol. The van der Waals surface area contributed by atoms with Crippen molar-refractivity contribution in [1.82, 2.24) is 0 Å². The summed E-state index contributed by atoms with van der Waals surface area (Å²) in [5.74, 6) is 0. The van der Waals surface area contributed by atoms with Crippen molar-refractivity contribution < 1.29 is 9.84 Å². The molecule has 1 N–H and O–H groups in total. The fourth-order valence-corrected chi connectivity index (χ4v) is 1.45. The molecule has 12 heavy (non-hydrogen) atoms. The molecule has 0 saturated heterocycles. The first-order chi connectivity index (χ1) is 5.64. The van der Waals surface area contributed by atoms with Gasteiger partial charge in [0.05, 0.1) is 11.7 Å². The Morgan fingerprint density at radius 2 is 1.67 bits per heavy atom. The summed E-state index contributed by atoms with van der Waals surface area (Å²) in [5.41, 5.74) is -0.422. The molecule has 1 aliphatic rings. The van der Waals surface area contributed by atoms with Gasteiger partial charge in [-0.25, -0.2) is 0 Å². The number of methoxy groups -OCH3 is 1. The number of hydrogen-bond donors (Lipinski definition) is 1. The molecule has 1 aliphatic carbocycles. The SMILES string of the molecule is CC.COC1CCC(C)(O)CC1. The van der Waals surface area contributed by atoms with E-state index in [2.05, 4.69) is 0 Å². The zero-order valence-electron chi connectivity index (χ0n) is 8.76. The van der Waals surface area contributed by atoms with E-state index in [9.17, 15) is 5.11 Å². The van der Waals surface area contributed by atoms with Crippen molar-refractivity contribution in [3.63, 3.8) is 0 Å².